The number of phenolic OH excluding ortho intramolecular Hbond substituents is 1. The highest BCUT2D eigenvalue weighted by atomic mass is 16.3. The average molecular weight is 207 g/mol. The minimum Gasteiger partial charge on any atom is -0.508 e. The van der Waals surface area contributed by atoms with Crippen molar-refractivity contribution in [2.75, 3.05) is 6.54 Å². The van der Waals surface area contributed by atoms with Crippen molar-refractivity contribution in [2.45, 2.75) is 33.2 Å². The van der Waals surface area contributed by atoms with Gasteiger partial charge in [0.15, 0.2) is 0 Å². The summed E-state index contributed by atoms with van der Waals surface area (Å²) < 4.78 is 0. The number of benzene rings is 1. The van der Waals surface area contributed by atoms with Crippen LogP contribution in [0, 0.1) is 5.92 Å². The minimum absolute atomic E-state index is 0.258. The lowest BCUT2D eigenvalue weighted by Crippen LogP contribution is -2.24. The van der Waals surface area contributed by atoms with E-state index < -0.39 is 0 Å². The van der Waals surface area contributed by atoms with Crippen LogP contribution in [0.25, 0.3) is 0 Å². The van der Waals surface area contributed by atoms with E-state index >= 15 is 0 Å². The van der Waals surface area contributed by atoms with Crippen LogP contribution in [0.15, 0.2) is 24.3 Å². The minimum atomic E-state index is 0.258. The van der Waals surface area contributed by atoms with Crippen LogP contribution in [0.4, 0.5) is 0 Å². The van der Waals surface area contributed by atoms with E-state index in [4.69, 9.17) is 0 Å². The summed E-state index contributed by atoms with van der Waals surface area (Å²) in [4.78, 5) is 0. The summed E-state index contributed by atoms with van der Waals surface area (Å²) in [5.41, 5.74) is 1.00. The van der Waals surface area contributed by atoms with Crippen molar-refractivity contribution in [1.29, 1.82) is 0 Å². The standard InChI is InChI=1S/C13H21NO/c1-4-12(14-9-10(2)3)11-7-5-6-8-13(11)15/h5-8,10,12,14-15H,4,9H2,1-3H3/t12-/m0/s1. The molecule has 0 unspecified atom stereocenters. The van der Waals surface area contributed by atoms with Gasteiger partial charge in [-0.05, 0) is 24.9 Å². The largest absolute Gasteiger partial charge is 0.508 e. The second kappa shape index (κ2) is 5.76. The van der Waals surface area contributed by atoms with Crippen LogP contribution in [0.1, 0.15) is 38.8 Å². The predicted octanol–water partition coefficient (Wildman–Crippen LogP) is 3.09. The first kappa shape index (κ1) is 12.1. The molecule has 0 aliphatic heterocycles. The van der Waals surface area contributed by atoms with Crippen LogP contribution in [0.3, 0.4) is 0 Å². The first-order valence-electron chi connectivity index (χ1n) is 5.66. The quantitative estimate of drug-likeness (QED) is 0.777. The zero-order valence-corrected chi connectivity index (χ0v) is 9.83. The smallest absolute Gasteiger partial charge is 0.120 e. The maximum absolute atomic E-state index is 9.74. The third-order valence-corrected chi connectivity index (χ3v) is 2.49. The molecule has 0 radical (unpaired) electrons. The van der Waals surface area contributed by atoms with E-state index in [0.29, 0.717) is 11.7 Å². The van der Waals surface area contributed by atoms with Crippen LogP contribution in [-0.4, -0.2) is 11.7 Å². The highest BCUT2D eigenvalue weighted by molar-refractivity contribution is 5.34. The fourth-order valence-electron chi connectivity index (χ4n) is 1.63. The molecular weight excluding hydrogens is 186 g/mol. The van der Waals surface area contributed by atoms with Crippen molar-refractivity contribution in [3.8, 4) is 5.75 Å². The molecule has 0 amide bonds. The monoisotopic (exact) mass is 207 g/mol. The maximum atomic E-state index is 9.74. The first-order valence-corrected chi connectivity index (χ1v) is 5.66. The summed E-state index contributed by atoms with van der Waals surface area (Å²) in [6, 6.07) is 7.81. The molecule has 2 nitrogen and oxygen atoms in total. The number of para-hydroxylation sites is 1. The molecule has 0 fully saturated rings. The van der Waals surface area contributed by atoms with Gasteiger partial charge in [0.2, 0.25) is 0 Å². The molecule has 2 N–H and O–H groups in total. The second-order valence-electron chi connectivity index (χ2n) is 4.32. The van der Waals surface area contributed by atoms with Crippen molar-refractivity contribution < 1.29 is 5.11 Å². The Kier molecular flexibility index (Phi) is 4.63. The van der Waals surface area contributed by atoms with E-state index in [0.717, 1.165) is 18.5 Å². The highest BCUT2D eigenvalue weighted by Crippen LogP contribution is 2.25. The Morgan fingerprint density at radius 1 is 1.27 bits per heavy atom. The summed E-state index contributed by atoms with van der Waals surface area (Å²) in [5.74, 6) is 1.02. The van der Waals surface area contributed by atoms with Gasteiger partial charge < -0.3 is 10.4 Å². The van der Waals surface area contributed by atoms with Crippen molar-refractivity contribution in [2.24, 2.45) is 5.92 Å². The molecule has 0 aliphatic carbocycles. The Hall–Kier alpha value is -1.02. The molecule has 0 saturated heterocycles. The fourth-order valence-corrected chi connectivity index (χ4v) is 1.63. The number of hydrogen-bond acceptors (Lipinski definition) is 2. The first-order chi connectivity index (χ1) is 7.15. The molecule has 1 aromatic carbocycles. The Bertz CT molecular complexity index is 296. The Balaban J connectivity index is 2.70. The van der Waals surface area contributed by atoms with Crippen molar-refractivity contribution in [1.82, 2.24) is 5.32 Å². The van der Waals surface area contributed by atoms with Crippen LogP contribution < -0.4 is 5.32 Å². The zero-order chi connectivity index (χ0) is 11.3. The normalized spacial score (nSPS) is 13.1. The third kappa shape index (κ3) is 3.56. The predicted molar refractivity (Wildman–Crippen MR) is 64.0 cm³/mol. The molecule has 0 heterocycles. The number of hydrogen-bond donors (Lipinski definition) is 2. The molecule has 0 aliphatic rings. The third-order valence-electron chi connectivity index (χ3n) is 2.49. The topological polar surface area (TPSA) is 32.3 Å². The Morgan fingerprint density at radius 3 is 2.47 bits per heavy atom. The van der Waals surface area contributed by atoms with Crippen LogP contribution in [-0.2, 0) is 0 Å². The lowest BCUT2D eigenvalue weighted by atomic mass is 10.0. The van der Waals surface area contributed by atoms with Crippen molar-refractivity contribution >= 4 is 0 Å². The second-order valence-corrected chi connectivity index (χ2v) is 4.32. The van der Waals surface area contributed by atoms with Gasteiger partial charge in [0.25, 0.3) is 0 Å². The zero-order valence-electron chi connectivity index (χ0n) is 9.83. The van der Waals surface area contributed by atoms with Gasteiger partial charge in [-0.15, -0.1) is 0 Å². The van der Waals surface area contributed by atoms with E-state index in [1.807, 2.05) is 18.2 Å². The fraction of sp³-hybridized carbons (Fsp3) is 0.538. The van der Waals surface area contributed by atoms with E-state index in [1.54, 1.807) is 6.07 Å². The van der Waals surface area contributed by atoms with E-state index in [1.165, 1.54) is 0 Å². The van der Waals surface area contributed by atoms with Gasteiger partial charge >= 0.3 is 0 Å². The van der Waals surface area contributed by atoms with Gasteiger partial charge in [-0.2, -0.15) is 0 Å². The number of aromatic hydroxyl groups is 1. The molecule has 0 saturated carbocycles. The molecule has 84 valence electrons. The lowest BCUT2D eigenvalue weighted by molar-refractivity contribution is 0.426. The number of nitrogens with one attached hydrogen (secondary N) is 1. The molecular formula is C13H21NO. The molecule has 0 aromatic heterocycles. The van der Waals surface area contributed by atoms with E-state index in [-0.39, 0.29) is 6.04 Å². The SMILES string of the molecule is CC[C@H](NCC(C)C)c1ccccc1O. The van der Waals surface area contributed by atoms with Crippen LogP contribution in [0.5, 0.6) is 5.75 Å². The van der Waals surface area contributed by atoms with Gasteiger partial charge in [-0.1, -0.05) is 39.0 Å². The van der Waals surface area contributed by atoms with Gasteiger partial charge in [0.1, 0.15) is 5.75 Å². The van der Waals surface area contributed by atoms with Crippen molar-refractivity contribution in [3.05, 3.63) is 29.8 Å². The van der Waals surface area contributed by atoms with Gasteiger partial charge in [-0.25, -0.2) is 0 Å². The van der Waals surface area contributed by atoms with E-state index in [9.17, 15) is 5.11 Å². The van der Waals surface area contributed by atoms with Gasteiger partial charge in [0.05, 0.1) is 0 Å². The van der Waals surface area contributed by atoms with Gasteiger partial charge in [-0.3, -0.25) is 0 Å². The molecule has 1 rings (SSSR count). The van der Waals surface area contributed by atoms with E-state index in [2.05, 4.69) is 26.1 Å². The maximum Gasteiger partial charge on any atom is 0.120 e. The molecule has 15 heavy (non-hydrogen) atoms. The Labute approximate surface area is 92.3 Å². The lowest BCUT2D eigenvalue weighted by Gasteiger charge is -2.19. The molecule has 0 bridgehead atoms. The number of rotatable bonds is 5. The molecule has 0 spiro atoms. The molecule has 1 atom stereocenters. The van der Waals surface area contributed by atoms with Crippen LogP contribution >= 0.6 is 0 Å². The molecule has 1 aromatic rings. The highest BCUT2D eigenvalue weighted by Gasteiger charge is 2.12. The average Bonchev–Trinajstić information content (AvgIpc) is 2.21. The summed E-state index contributed by atoms with van der Waals surface area (Å²) in [5, 5.41) is 13.2. The number of phenols is 1. The summed E-state index contributed by atoms with van der Waals surface area (Å²) >= 11 is 0. The molecule has 2 heteroatoms. The summed E-state index contributed by atoms with van der Waals surface area (Å²) in [6.45, 7) is 7.48. The van der Waals surface area contributed by atoms with Crippen molar-refractivity contribution in [3.63, 3.8) is 0 Å². The summed E-state index contributed by atoms with van der Waals surface area (Å²) in [7, 11) is 0. The summed E-state index contributed by atoms with van der Waals surface area (Å²) in [6.07, 6.45) is 0.990. The Morgan fingerprint density at radius 2 is 1.93 bits per heavy atom. The van der Waals surface area contributed by atoms with Crippen LogP contribution in [0.2, 0.25) is 0 Å². The van der Waals surface area contributed by atoms with Gasteiger partial charge in [0, 0.05) is 11.6 Å².